The van der Waals surface area contributed by atoms with Crippen LogP contribution in [0.5, 0.6) is 0 Å². The lowest BCUT2D eigenvalue weighted by Crippen LogP contribution is -2.26. The monoisotopic (exact) mass is 154 g/mol. The zero-order valence-corrected chi connectivity index (χ0v) is 7.09. The Morgan fingerprint density at radius 2 is 2.27 bits per heavy atom. The first-order chi connectivity index (χ1) is 5.11. The van der Waals surface area contributed by atoms with Gasteiger partial charge >= 0.3 is 5.97 Å². The highest BCUT2D eigenvalue weighted by molar-refractivity contribution is 5.88. The Morgan fingerprint density at radius 1 is 1.64 bits per heavy atom. The van der Waals surface area contributed by atoms with Crippen molar-refractivity contribution in [3.8, 4) is 0 Å². The number of esters is 1. The maximum absolute atomic E-state index is 10.8. The average molecular weight is 154 g/mol. The quantitative estimate of drug-likeness (QED) is 0.425. The molecule has 0 amide bonds. The molecule has 0 aromatic heterocycles. The Bertz CT molecular complexity index is 182. The Morgan fingerprint density at radius 3 is 2.73 bits per heavy atom. The van der Waals surface area contributed by atoms with Gasteiger partial charge in [-0.15, -0.1) is 0 Å². The first kappa shape index (κ1) is 8.31. The largest absolute Gasteiger partial charge is 0.462 e. The molecule has 62 valence electrons. The molecule has 0 radical (unpaired) electrons. The smallest absolute Gasteiger partial charge is 0.333 e. The molecule has 1 unspecified atom stereocenters. The summed E-state index contributed by atoms with van der Waals surface area (Å²) in [5.74, 6) is 0.821. The number of hydrogen-bond donors (Lipinski definition) is 0. The maximum atomic E-state index is 10.8. The highest BCUT2D eigenvalue weighted by atomic mass is 16.5. The van der Waals surface area contributed by atoms with Crippen LogP contribution >= 0.6 is 0 Å². The molecule has 1 aliphatic rings. The SMILES string of the molecule is C=C1CC(C(C)C)COC1=O. The van der Waals surface area contributed by atoms with Gasteiger partial charge in [0.2, 0.25) is 0 Å². The Hall–Kier alpha value is -0.790. The summed E-state index contributed by atoms with van der Waals surface area (Å²) in [5.41, 5.74) is 0.620. The number of hydrogen-bond acceptors (Lipinski definition) is 2. The van der Waals surface area contributed by atoms with E-state index in [2.05, 4.69) is 20.4 Å². The molecule has 1 heterocycles. The van der Waals surface area contributed by atoms with Gasteiger partial charge in [-0.05, 0) is 18.3 Å². The van der Waals surface area contributed by atoms with Gasteiger partial charge in [0.25, 0.3) is 0 Å². The summed E-state index contributed by atoms with van der Waals surface area (Å²) >= 11 is 0. The summed E-state index contributed by atoms with van der Waals surface area (Å²) < 4.78 is 4.93. The third-order valence-electron chi connectivity index (χ3n) is 2.17. The van der Waals surface area contributed by atoms with Crippen molar-refractivity contribution in [3.63, 3.8) is 0 Å². The lowest BCUT2D eigenvalue weighted by Gasteiger charge is -2.25. The number of cyclic esters (lactones) is 1. The molecule has 1 fully saturated rings. The van der Waals surface area contributed by atoms with Crippen molar-refractivity contribution in [1.82, 2.24) is 0 Å². The molecule has 0 spiro atoms. The minimum absolute atomic E-state index is 0.220. The fourth-order valence-electron chi connectivity index (χ4n) is 1.17. The highest BCUT2D eigenvalue weighted by Gasteiger charge is 2.25. The van der Waals surface area contributed by atoms with E-state index in [9.17, 15) is 4.79 Å². The standard InChI is InChI=1S/C9H14O2/c1-6(2)8-4-7(3)9(10)11-5-8/h6,8H,3-5H2,1-2H3. The van der Waals surface area contributed by atoms with E-state index in [1.807, 2.05) is 0 Å². The molecule has 1 rings (SSSR count). The summed E-state index contributed by atoms with van der Waals surface area (Å²) in [6.45, 7) is 8.49. The van der Waals surface area contributed by atoms with Crippen molar-refractivity contribution in [2.45, 2.75) is 20.3 Å². The first-order valence-electron chi connectivity index (χ1n) is 3.96. The number of carbonyl (C=O) groups is 1. The summed E-state index contributed by atoms with van der Waals surface area (Å²) in [6, 6.07) is 0. The van der Waals surface area contributed by atoms with Crippen LogP contribution in [0.1, 0.15) is 20.3 Å². The Labute approximate surface area is 67.2 Å². The second kappa shape index (κ2) is 3.07. The van der Waals surface area contributed by atoms with E-state index in [1.54, 1.807) is 0 Å². The molecular formula is C9H14O2. The van der Waals surface area contributed by atoms with Crippen LogP contribution in [0.3, 0.4) is 0 Å². The fourth-order valence-corrected chi connectivity index (χ4v) is 1.17. The van der Waals surface area contributed by atoms with Crippen molar-refractivity contribution in [3.05, 3.63) is 12.2 Å². The first-order valence-corrected chi connectivity index (χ1v) is 3.96. The number of carbonyl (C=O) groups excluding carboxylic acids is 1. The minimum atomic E-state index is -0.220. The van der Waals surface area contributed by atoms with E-state index < -0.39 is 0 Å². The third kappa shape index (κ3) is 1.82. The third-order valence-corrected chi connectivity index (χ3v) is 2.17. The van der Waals surface area contributed by atoms with E-state index >= 15 is 0 Å². The summed E-state index contributed by atoms with van der Waals surface area (Å²) in [6.07, 6.45) is 0.802. The minimum Gasteiger partial charge on any atom is -0.462 e. The summed E-state index contributed by atoms with van der Waals surface area (Å²) in [4.78, 5) is 10.8. The van der Waals surface area contributed by atoms with Crippen LogP contribution in [-0.4, -0.2) is 12.6 Å². The molecule has 2 heteroatoms. The molecule has 1 saturated heterocycles. The summed E-state index contributed by atoms with van der Waals surface area (Å²) in [7, 11) is 0. The second-order valence-electron chi connectivity index (χ2n) is 3.41. The molecule has 0 saturated carbocycles. The molecule has 0 aliphatic carbocycles. The van der Waals surface area contributed by atoms with Crippen molar-refractivity contribution < 1.29 is 9.53 Å². The second-order valence-corrected chi connectivity index (χ2v) is 3.41. The van der Waals surface area contributed by atoms with Gasteiger partial charge in [-0.1, -0.05) is 20.4 Å². The van der Waals surface area contributed by atoms with Gasteiger partial charge in [0.1, 0.15) is 0 Å². The normalized spacial score (nSPS) is 25.5. The van der Waals surface area contributed by atoms with Gasteiger partial charge in [0.05, 0.1) is 6.61 Å². The van der Waals surface area contributed by atoms with Crippen molar-refractivity contribution in [2.75, 3.05) is 6.61 Å². The topological polar surface area (TPSA) is 26.3 Å². The molecule has 0 aromatic rings. The molecular weight excluding hydrogens is 140 g/mol. The van der Waals surface area contributed by atoms with Crippen LogP contribution in [0.2, 0.25) is 0 Å². The van der Waals surface area contributed by atoms with Crippen LogP contribution in [0.4, 0.5) is 0 Å². The van der Waals surface area contributed by atoms with Gasteiger partial charge in [0.15, 0.2) is 0 Å². The van der Waals surface area contributed by atoms with Crippen molar-refractivity contribution in [2.24, 2.45) is 11.8 Å². The molecule has 0 aromatic carbocycles. The van der Waals surface area contributed by atoms with Gasteiger partial charge in [-0.2, -0.15) is 0 Å². The predicted molar refractivity (Wildman–Crippen MR) is 43.0 cm³/mol. The number of ether oxygens (including phenoxy) is 1. The average Bonchev–Trinajstić information content (AvgIpc) is 1.94. The van der Waals surface area contributed by atoms with Crippen LogP contribution in [0.25, 0.3) is 0 Å². The van der Waals surface area contributed by atoms with Gasteiger partial charge < -0.3 is 4.74 Å². The molecule has 1 atom stereocenters. The summed E-state index contributed by atoms with van der Waals surface area (Å²) in [5, 5.41) is 0. The lowest BCUT2D eigenvalue weighted by atomic mass is 9.89. The molecule has 2 nitrogen and oxygen atoms in total. The van der Waals surface area contributed by atoms with E-state index in [1.165, 1.54) is 0 Å². The van der Waals surface area contributed by atoms with E-state index in [-0.39, 0.29) is 5.97 Å². The van der Waals surface area contributed by atoms with Crippen molar-refractivity contribution in [1.29, 1.82) is 0 Å². The zero-order chi connectivity index (χ0) is 8.43. The van der Waals surface area contributed by atoms with Crippen LogP contribution in [0.15, 0.2) is 12.2 Å². The van der Waals surface area contributed by atoms with Gasteiger partial charge in [-0.25, -0.2) is 4.79 Å². The van der Waals surface area contributed by atoms with Crippen LogP contribution < -0.4 is 0 Å². The fraction of sp³-hybridized carbons (Fsp3) is 0.667. The zero-order valence-electron chi connectivity index (χ0n) is 7.09. The van der Waals surface area contributed by atoms with E-state index in [0.29, 0.717) is 24.0 Å². The maximum Gasteiger partial charge on any atom is 0.333 e. The Kier molecular flexibility index (Phi) is 2.32. The van der Waals surface area contributed by atoms with Gasteiger partial charge in [-0.3, -0.25) is 0 Å². The highest BCUT2D eigenvalue weighted by Crippen LogP contribution is 2.24. The molecule has 1 aliphatic heterocycles. The van der Waals surface area contributed by atoms with Crippen LogP contribution in [-0.2, 0) is 9.53 Å². The van der Waals surface area contributed by atoms with Gasteiger partial charge in [0, 0.05) is 5.57 Å². The predicted octanol–water partition coefficient (Wildman–Crippen LogP) is 1.76. The number of rotatable bonds is 1. The lowest BCUT2D eigenvalue weighted by molar-refractivity contribution is -0.144. The molecule has 11 heavy (non-hydrogen) atoms. The van der Waals surface area contributed by atoms with E-state index in [0.717, 1.165) is 6.42 Å². The van der Waals surface area contributed by atoms with E-state index in [4.69, 9.17) is 4.74 Å². The molecule has 0 N–H and O–H groups in total. The van der Waals surface area contributed by atoms with Crippen molar-refractivity contribution >= 4 is 5.97 Å². The Balaban J connectivity index is 2.53. The molecule has 0 bridgehead atoms. The van der Waals surface area contributed by atoms with Crippen LogP contribution in [0, 0.1) is 11.8 Å².